The summed E-state index contributed by atoms with van der Waals surface area (Å²) in [4.78, 5) is 21.1. The van der Waals surface area contributed by atoms with Crippen LogP contribution in [0, 0.1) is 0 Å². The van der Waals surface area contributed by atoms with Crippen LogP contribution in [0.25, 0.3) is 0 Å². The van der Waals surface area contributed by atoms with Gasteiger partial charge in [-0.2, -0.15) is 0 Å². The minimum Gasteiger partial charge on any atom is -0.509 e. The van der Waals surface area contributed by atoms with Crippen molar-refractivity contribution in [3.05, 3.63) is 11.3 Å². The number of aliphatic hydroxyl groups excluding tert-OH is 2. The lowest BCUT2D eigenvalue weighted by atomic mass is 10.1. The first-order valence-corrected chi connectivity index (χ1v) is 4.04. The molecule has 0 saturated carbocycles. The number of aliphatic hydroxyl groups is 2. The van der Waals surface area contributed by atoms with Gasteiger partial charge in [-0.15, -0.1) is 0 Å². The Labute approximate surface area is 80.0 Å². The minimum absolute atomic E-state index is 0.0341. The summed E-state index contributed by atoms with van der Waals surface area (Å²) in [6.07, 6.45) is -2.35. The van der Waals surface area contributed by atoms with Crippen molar-refractivity contribution < 1.29 is 24.5 Å². The second-order valence-electron chi connectivity index (χ2n) is 2.98. The van der Waals surface area contributed by atoms with Gasteiger partial charge < -0.3 is 14.9 Å². The molecule has 4 N–H and O–H groups in total. The van der Waals surface area contributed by atoms with E-state index in [4.69, 9.17) is 10.8 Å². The molecule has 0 aromatic carbocycles. The molecule has 0 aromatic rings. The Balaban J connectivity index is 2.67. The van der Waals surface area contributed by atoms with E-state index in [-0.39, 0.29) is 36.4 Å². The van der Waals surface area contributed by atoms with Gasteiger partial charge in [-0.25, -0.2) is 0 Å². The van der Waals surface area contributed by atoms with Crippen LogP contribution in [0.15, 0.2) is 11.3 Å². The number of nitrogens with two attached hydrogens (primary N) is 1. The van der Waals surface area contributed by atoms with Crippen LogP contribution in [0.2, 0.25) is 0 Å². The summed E-state index contributed by atoms with van der Waals surface area (Å²) >= 11 is 0. The van der Waals surface area contributed by atoms with Gasteiger partial charge in [0.1, 0.15) is 11.9 Å². The van der Waals surface area contributed by atoms with Gasteiger partial charge in [-0.1, -0.05) is 0 Å². The highest BCUT2D eigenvalue weighted by molar-refractivity contribution is 5.99. The number of hydrogen-bond donors (Lipinski definition) is 3. The molecule has 6 heteroatoms. The van der Waals surface area contributed by atoms with E-state index in [1.54, 1.807) is 0 Å². The lowest BCUT2D eigenvalue weighted by Gasteiger charge is -2.09. The fourth-order valence-electron chi connectivity index (χ4n) is 1.28. The van der Waals surface area contributed by atoms with Crippen molar-refractivity contribution in [2.75, 3.05) is 0 Å². The maximum atomic E-state index is 11.2. The topological polar surface area (TPSA) is 110 Å². The van der Waals surface area contributed by atoms with Crippen molar-refractivity contribution in [1.29, 1.82) is 0 Å². The first-order valence-electron chi connectivity index (χ1n) is 4.04. The summed E-state index contributed by atoms with van der Waals surface area (Å²) in [5.41, 5.74) is 5.34. The quantitative estimate of drug-likeness (QED) is 0.396. The Kier molecular flexibility index (Phi) is 3.21. The van der Waals surface area contributed by atoms with Crippen LogP contribution in [0.4, 0.5) is 0 Å². The minimum atomic E-state index is -1.15. The van der Waals surface area contributed by atoms with Crippen LogP contribution in [0.5, 0.6) is 0 Å². The van der Waals surface area contributed by atoms with E-state index in [1.807, 2.05) is 0 Å². The predicted octanol–water partition coefficient (Wildman–Crippen LogP) is -1.02. The monoisotopic (exact) mass is 201 g/mol. The van der Waals surface area contributed by atoms with E-state index in [0.29, 0.717) is 0 Å². The van der Waals surface area contributed by atoms with E-state index in [0.717, 1.165) is 0 Å². The van der Waals surface area contributed by atoms with Gasteiger partial charge in [0.2, 0.25) is 0 Å². The molecule has 0 fully saturated rings. The highest BCUT2D eigenvalue weighted by Gasteiger charge is 2.31. The van der Waals surface area contributed by atoms with Crippen molar-refractivity contribution in [2.45, 2.75) is 25.2 Å². The lowest BCUT2D eigenvalue weighted by Crippen LogP contribution is -2.25. The molecule has 0 saturated heterocycles. The third kappa shape index (κ3) is 2.09. The van der Waals surface area contributed by atoms with Crippen molar-refractivity contribution >= 4 is 12.3 Å². The fourth-order valence-corrected chi connectivity index (χ4v) is 1.28. The second-order valence-corrected chi connectivity index (χ2v) is 2.98. The Morgan fingerprint density at radius 3 is 2.79 bits per heavy atom. The number of carbonyl (C=O) groups excluding carboxylic acids is 2. The van der Waals surface area contributed by atoms with E-state index in [2.05, 4.69) is 4.74 Å². The van der Waals surface area contributed by atoms with Gasteiger partial charge >= 0.3 is 0 Å². The molecule has 1 aliphatic rings. The van der Waals surface area contributed by atoms with Crippen molar-refractivity contribution in [1.82, 2.24) is 0 Å². The zero-order chi connectivity index (χ0) is 10.7. The van der Waals surface area contributed by atoms with Crippen molar-refractivity contribution in [3.63, 3.8) is 0 Å². The number of Topliss-reactive ketones (excluding diaryl/α,β-unsaturated/α-hetero) is 1. The third-order valence-corrected chi connectivity index (χ3v) is 1.98. The Hall–Kier alpha value is -1.40. The molecule has 1 aliphatic carbocycles. The number of ketones is 1. The van der Waals surface area contributed by atoms with Crippen LogP contribution < -0.4 is 5.73 Å². The van der Waals surface area contributed by atoms with E-state index in [9.17, 15) is 14.7 Å². The fraction of sp³-hybridized carbons (Fsp3) is 0.500. The summed E-state index contributed by atoms with van der Waals surface area (Å²) in [5, 5.41) is 18.4. The average Bonchev–Trinajstić information content (AvgIpc) is 2.33. The molecule has 0 radical (unpaired) electrons. The van der Waals surface area contributed by atoms with Gasteiger partial charge in [-0.05, 0) is 0 Å². The molecule has 0 amide bonds. The van der Waals surface area contributed by atoms with E-state index < -0.39 is 12.3 Å². The normalized spacial score (nSPS) is 23.9. The summed E-state index contributed by atoms with van der Waals surface area (Å²) in [6, 6.07) is 0. The molecule has 2 atom stereocenters. The molecule has 14 heavy (non-hydrogen) atoms. The molecule has 2 unspecified atom stereocenters. The Bertz CT molecular complexity index is 285. The highest BCUT2D eigenvalue weighted by Crippen LogP contribution is 2.24. The van der Waals surface area contributed by atoms with Gasteiger partial charge in [0.25, 0.3) is 6.47 Å². The van der Waals surface area contributed by atoms with Crippen LogP contribution in [0.3, 0.4) is 0 Å². The van der Waals surface area contributed by atoms with Crippen LogP contribution >= 0.6 is 0 Å². The molecule has 78 valence electrons. The SMILES string of the molecule is NC(CC1=C(O)C(O)CC1=O)OC=O. The Morgan fingerprint density at radius 1 is 1.71 bits per heavy atom. The molecule has 1 rings (SSSR count). The third-order valence-electron chi connectivity index (χ3n) is 1.98. The van der Waals surface area contributed by atoms with Gasteiger partial charge in [-0.3, -0.25) is 15.3 Å². The van der Waals surface area contributed by atoms with Gasteiger partial charge in [0.15, 0.2) is 12.0 Å². The van der Waals surface area contributed by atoms with Crippen molar-refractivity contribution in [3.8, 4) is 0 Å². The van der Waals surface area contributed by atoms with Gasteiger partial charge in [0.05, 0.1) is 0 Å². The molecule has 0 aromatic heterocycles. The average molecular weight is 201 g/mol. The number of ether oxygens (including phenoxy) is 1. The standard InChI is InChI=1S/C8H11NO5/c9-7(14-3-10)1-4-5(11)2-6(12)8(4)13/h3,6-7,12-13H,1-2,9H2. The van der Waals surface area contributed by atoms with Gasteiger partial charge in [0, 0.05) is 18.4 Å². The maximum Gasteiger partial charge on any atom is 0.294 e. The number of carbonyl (C=O) groups is 2. The van der Waals surface area contributed by atoms with Crippen LogP contribution in [-0.2, 0) is 14.3 Å². The smallest absolute Gasteiger partial charge is 0.294 e. The zero-order valence-electron chi connectivity index (χ0n) is 7.34. The first kappa shape index (κ1) is 10.7. The number of rotatable bonds is 4. The van der Waals surface area contributed by atoms with Crippen molar-refractivity contribution in [2.24, 2.45) is 5.73 Å². The molecule has 6 nitrogen and oxygen atoms in total. The molecule has 0 aliphatic heterocycles. The lowest BCUT2D eigenvalue weighted by molar-refractivity contribution is -0.133. The van der Waals surface area contributed by atoms with Crippen LogP contribution in [0.1, 0.15) is 12.8 Å². The largest absolute Gasteiger partial charge is 0.509 e. The maximum absolute atomic E-state index is 11.2. The van der Waals surface area contributed by atoms with E-state index >= 15 is 0 Å². The summed E-state index contributed by atoms with van der Waals surface area (Å²) in [6.45, 7) is 0.165. The molecular weight excluding hydrogens is 190 g/mol. The Morgan fingerprint density at radius 2 is 2.36 bits per heavy atom. The molecule has 0 bridgehead atoms. The summed E-state index contributed by atoms with van der Waals surface area (Å²) in [7, 11) is 0. The summed E-state index contributed by atoms with van der Waals surface area (Å²) in [5.74, 6) is -0.750. The molecular formula is C8H11NO5. The molecule has 0 heterocycles. The van der Waals surface area contributed by atoms with Crippen LogP contribution in [-0.4, -0.2) is 34.8 Å². The van der Waals surface area contributed by atoms with E-state index in [1.165, 1.54) is 0 Å². The predicted molar refractivity (Wildman–Crippen MR) is 45.0 cm³/mol. The zero-order valence-corrected chi connectivity index (χ0v) is 7.34. The summed E-state index contributed by atoms with van der Waals surface area (Å²) < 4.78 is 4.35. The second kappa shape index (κ2) is 4.21. The number of hydrogen-bond acceptors (Lipinski definition) is 6. The first-order chi connectivity index (χ1) is 6.56. The molecule has 0 spiro atoms. The highest BCUT2D eigenvalue weighted by atomic mass is 16.5.